The van der Waals surface area contributed by atoms with Gasteiger partial charge in [0.2, 0.25) is 0 Å². The van der Waals surface area contributed by atoms with Crippen LogP contribution in [0, 0.1) is 0 Å². The zero-order valence-electron chi connectivity index (χ0n) is 7.90. The smallest absolute Gasteiger partial charge is 0.148 e. The lowest BCUT2D eigenvalue weighted by atomic mass is 10.1. The molecule has 0 saturated carbocycles. The Bertz CT molecular complexity index is 224. The van der Waals surface area contributed by atoms with Gasteiger partial charge in [0.25, 0.3) is 0 Å². The van der Waals surface area contributed by atoms with E-state index in [1.807, 2.05) is 12.1 Å². The van der Waals surface area contributed by atoms with Crippen LogP contribution in [0.2, 0.25) is 0 Å². The highest BCUT2D eigenvalue weighted by atomic mass is 15.2. The highest BCUT2D eigenvalue weighted by molar-refractivity contribution is 5.32. The Balaban J connectivity index is 2.46. The SMILES string of the molecule is CCC(CCN)Nc1cccnn1. The Hall–Kier alpha value is -1.16. The van der Waals surface area contributed by atoms with Gasteiger partial charge in [-0.15, -0.1) is 5.10 Å². The molecule has 0 amide bonds. The van der Waals surface area contributed by atoms with E-state index in [1.165, 1.54) is 0 Å². The third-order valence-electron chi connectivity index (χ3n) is 1.93. The number of hydrogen-bond acceptors (Lipinski definition) is 4. The van der Waals surface area contributed by atoms with Crippen molar-refractivity contribution in [2.45, 2.75) is 25.8 Å². The van der Waals surface area contributed by atoms with Crippen molar-refractivity contribution < 1.29 is 0 Å². The van der Waals surface area contributed by atoms with Crippen LogP contribution in [0.4, 0.5) is 5.82 Å². The van der Waals surface area contributed by atoms with Crippen LogP contribution >= 0.6 is 0 Å². The van der Waals surface area contributed by atoms with E-state index < -0.39 is 0 Å². The van der Waals surface area contributed by atoms with Crippen molar-refractivity contribution in [1.29, 1.82) is 0 Å². The molecule has 0 aliphatic heterocycles. The van der Waals surface area contributed by atoms with Gasteiger partial charge in [-0.05, 0) is 31.5 Å². The van der Waals surface area contributed by atoms with Gasteiger partial charge in [0.1, 0.15) is 5.82 Å². The second kappa shape index (κ2) is 5.48. The van der Waals surface area contributed by atoms with E-state index in [9.17, 15) is 0 Å². The van der Waals surface area contributed by atoms with Crippen LogP contribution in [0.3, 0.4) is 0 Å². The summed E-state index contributed by atoms with van der Waals surface area (Å²) in [5.41, 5.74) is 5.48. The summed E-state index contributed by atoms with van der Waals surface area (Å²) in [4.78, 5) is 0. The molecule has 0 aromatic carbocycles. The minimum atomic E-state index is 0.404. The molecule has 13 heavy (non-hydrogen) atoms. The predicted octanol–water partition coefficient (Wildman–Crippen LogP) is 1.02. The largest absolute Gasteiger partial charge is 0.366 e. The molecule has 0 radical (unpaired) electrons. The maximum atomic E-state index is 5.48. The van der Waals surface area contributed by atoms with Crippen LogP contribution in [0.25, 0.3) is 0 Å². The number of nitrogens with one attached hydrogen (secondary N) is 1. The van der Waals surface area contributed by atoms with E-state index in [2.05, 4.69) is 22.4 Å². The third kappa shape index (κ3) is 3.38. The van der Waals surface area contributed by atoms with Crippen molar-refractivity contribution in [3.8, 4) is 0 Å². The summed E-state index contributed by atoms with van der Waals surface area (Å²) >= 11 is 0. The highest BCUT2D eigenvalue weighted by Gasteiger charge is 2.04. The van der Waals surface area contributed by atoms with Crippen LogP contribution in [0.15, 0.2) is 18.3 Å². The summed E-state index contributed by atoms with van der Waals surface area (Å²) in [6.07, 6.45) is 3.68. The molecule has 4 heteroatoms. The Kier molecular flexibility index (Phi) is 4.18. The van der Waals surface area contributed by atoms with Crippen molar-refractivity contribution >= 4 is 5.82 Å². The van der Waals surface area contributed by atoms with E-state index in [1.54, 1.807) is 6.20 Å². The summed E-state index contributed by atoms with van der Waals surface area (Å²) in [6.45, 7) is 2.83. The lowest BCUT2D eigenvalue weighted by molar-refractivity contribution is 0.638. The number of aromatic nitrogens is 2. The number of nitrogens with zero attached hydrogens (tertiary/aromatic N) is 2. The number of nitrogens with two attached hydrogens (primary N) is 1. The van der Waals surface area contributed by atoms with Gasteiger partial charge in [-0.25, -0.2) is 0 Å². The molecular formula is C9H16N4. The first-order valence-electron chi connectivity index (χ1n) is 4.61. The first-order valence-corrected chi connectivity index (χ1v) is 4.61. The van der Waals surface area contributed by atoms with Crippen LogP contribution in [-0.4, -0.2) is 22.8 Å². The van der Waals surface area contributed by atoms with Crippen LogP contribution < -0.4 is 11.1 Å². The third-order valence-corrected chi connectivity index (χ3v) is 1.93. The molecule has 4 nitrogen and oxygen atoms in total. The summed E-state index contributed by atoms with van der Waals surface area (Å²) in [6, 6.07) is 4.18. The van der Waals surface area contributed by atoms with Crippen molar-refractivity contribution in [2.24, 2.45) is 5.73 Å². The monoisotopic (exact) mass is 180 g/mol. The second-order valence-corrected chi connectivity index (χ2v) is 2.94. The zero-order chi connectivity index (χ0) is 9.52. The van der Waals surface area contributed by atoms with Gasteiger partial charge in [-0.3, -0.25) is 0 Å². The minimum absolute atomic E-state index is 0.404. The van der Waals surface area contributed by atoms with E-state index in [0.717, 1.165) is 18.7 Å². The van der Waals surface area contributed by atoms with Crippen molar-refractivity contribution in [3.05, 3.63) is 18.3 Å². The van der Waals surface area contributed by atoms with E-state index in [4.69, 9.17) is 5.73 Å². The van der Waals surface area contributed by atoms with Gasteiger partial charge in [0.15, 0.2) is 0 Å². The molecule has 72 valence electrons. The first-order chi connectivity index (χ1) is 6.36. The van der Waals surface area contributed by atoms with Crippen LogP contribution in [-0.2, 0) is 0 Å². The Morgan fingerprint density at radius 1 is 1.62 bits per heavy atom. The molecule has 0 saturated heterocycles. The summed E-state index contributed by atoms with van der Waals surface area (Å²) in [5.74, 6) is 0.822. The molecule has 3 N–H and O–H groups in total. The molecule has 1 rings (SSSR count). The molecule has 1 aromatic heterocycles. The summed E-state index contributed by atoms with van der Waals surface area (Å²) in [5, 5.41) is 11.0. The number of rotatable bonds is 5. The van der Waals surface area contributed by atoms with Gasteiger partial charge in [0.05, 0.1) is 0 Å². The predicted molar refractivity (Wildman–Crippen MR) is 53.4 cm³/mol. The van der Waals surface area contributed by atoms with Gasteiger partial charge < -0.3 is 11.1 Å². The van der Waals surface area contributed by atoms with Crippen LogP contribution in [0.1, 0.15) is 19.8 Å². The molecule has 0 fully saturated rings. The van der Waals surface area contributed by atoms with E-state index in [0.29, 0.717) is 12.6 Å². The minimum Gasteiger partial charge on any atom is -0.366 e. The molecule has 1 unspecified atom stereocenters. The lowest BCUT2D eigenvalue weighted by Gasteiger charge is -2.15. The second-order valence-electron chi connectivity index (χ2n) is 2.94. The van der Waals surface area contributed by atoms with Crippen molar-refractivity contribution in [3.63, 3.8) is 0 Å². The fourth-order valence-electron chi connectivity index (χ4n) is 1.17. The molecule has 0 spiro atoms. The summed E-state index contributed by atoms with van der Waals surface area (Å²) in [7, 11) is 0. The normalized spacial score (nSPS) is 12.5. The van der Waals surface area contributed by atoms with Gasteiger partial charge in [-0.2, -0.15) is 5.10 Å². The van der Waals surface area contributed by atoms with Gasteiger partial charge >= 0.3 is 0 Å². The Morgan fingerprint density at radius 3 is 3.00 bits per heavy atom. The average Bonchev–Trinajstić information content (AvgIpc) is 2.19. The molecule has 1 atom stereocenters. The fraction of sp³-hybridized carbons (Fsp3) is 0.556. The van der Waals surface area contributed by atoms with Crippen LogP contribution in [0.5, 0.6) is 0 Å². The highest BCUT2D eigenvalue weighted by Crippen LogP contribution is 2.05. The Morgan fingerprint density at radius 2 is 2.46 bits per heavy atom. The van der Waals surface area contributed by atoms with E-state index in [-0.39, 0.29) is 0 Å². The van der Waals surface area contributed by atoms with Gasteiger partial charge in [-0.1, -0.05) is 6.92 Å². The van der Waals surface area contributed by atoms with Crippen molar-refractivity contribution in [1.82, 2.24) is 10.2 Å². The molecular weight excluding hydrogens is 164 g/mol. The summed E-state index contributed by atoms with van der Waals surface area (Å²) < 4.78 is 0. The average molecular weight is 180 g/mol. The maximum absolute atomic E-state index is 5.48. The number of anilines is 1. The zero-order valence-corrected chi connectivity index (χ0v) is 7.90. The Labute approximate surface area is 78.6 Å². The van der Waals surface area contributed by atoms with E-state index >= 15 is 0 Å². The molecule has 0 bridgehead atoms. The molecule has 0 aliphatic rings. The maximum Gasteiger partial charge on any atom is 0.148 e. The van der Waals surface area contributed by atoms with Gasteiger partial charge in [0, 0.05) is 12.2 Å². The molecule has 0 aliphatic carbocycles. The lowest BCUT2D eigenvalue weighted by Crippen LogP contribution is -2.22. The standard InChI is InChI=1S/C9H16N4/c1-2-8(5-6-10)12-9-4-3-7-11-13-9/h3-4,7-8H,2,5-6,10H2,1H3,(H,12,13). The quantitative estimate of drug-likeness (QED) is 0.710. The molecule has 1 aromatic rings. The molecule has 1 heterocycles. The first kappa shape index (κ1) is 9.92. The van der Waals surface area contributed by atoms with Crippen molar-refractivity contribution in [2.75, 3.05) is 11.9 Å². The number of hydrogen-bond donors (Lipinski definition) is 2. The fourth-order valence-corrected chi connectivity index (χ4v) is 1.17. The topological polar surface area (TPSA) is 63.8 Å².